The predicted molar refractivity (Wildman–Crippen MR) is 126 cm³/mol. The molecule has 0 amide bonds. The molecule has 0 atom stereocenters. The van der Waals surface area contributed by atoms with Crippen molar-refractivity contribution in [3.05, 3.63) is 53.4 Å². The highest BCUT2D eigenvalue weighted by molar-refractivity contribution is 6.47. The second-order valence-corrected chi connectivity index (χ2v) is 9.98. The van der Waals surface area contributed by atoms with Gasteiger partial charge < -0.3 is 19.2 Å². The quantitative estimate of drug-likeness (QED) is 0.518. The van der Waals surface area contributed by atoms with Crippen LogP contribution in [0, 0.1) is 0 Å². The number of aliphatic hydroxyl groups is 1. The lowest BCUT2D eigenvalue weighted by molar-refractivity contribution is -0.0893. The number of hydrogen-bond donors (Lipinski definition) is 1. The molecule has 0 saturated carbocycles. The third kappa shape index (κ3) is 5.78. The van der Waals surface area contributed by atoms with E-state index in [1.807, 2.05) is 39.0 Å². The number of pyridine rings is 1. The van der Waals surface area contributed by atoms with Gasteiger partial charge in [0.15, 0.2) is 0 Å². The van der Waals surface area contributed by atoms with Crippen molar-refractivity contribution in [2.75, 3.05) is 0 Å². The highest BCUT2D eigenvalue weighted by atomic mass is 16.6. The van der Waals surface area contributed by atoms with Crippen LogP contribution in [-0.4, -0.2) is 40.3 Å². The van der Waals surface area contributed by atoms with Gasteiger partial charge in [-0.15, -0.1) is 0 Å². The number of fused-ring (bicyclic) bond motifs is 1. The summed E-state index contributed by atoms with van der Waals surface area (Å²) in [5.74, 6) is 0.377. The summed E-state index contributed by atoms with van der Waals surface area (Å²) in [6.07, 6.45) is 6.50. The Morgan fingerprint density at radius 3 is 2.47 bits per heavy atom. The van der Waals surface area contributed by atoms with Gasteiger partial charge in [0.2, 0.25) is 0 Å². The van der Waals surface area contributed by atoms with E-state index in [0.717, 1.165) is 17.7 Å². The number of benzene rings is 1. The molecule has 0 unspecified atom stereocenters. The Balaban J connectivity index is 1.90. The van der Waals surface area contributed by atoms with Crippen LogP contribution in [0.25, 0.3) is 6.08 Å². The maximum Gasteiger partial charge on any atom is 0.342 e. The molecule has 2 aromatic rings. The van der Waals surface area contributed by atoms with Gasteiger partial charge in [-0.1, -0.05) is 18.2 Å². The molecule has 169 valence electrons. The zero-order chi connectivity index (χ0) is 23.7. The Kier molecular flexibility index (Phi) is 6.54. The Bertz CT molecular complexity index is 1030. The van der Waals surface area contributed by atoms with Gasteiger partial charge in [0, 0.05) is 6.42 Å². The van der Waals surface area contributed by atoms with Crippen molar-refractivity contribution in [1.29, 1.82) is 0 Å². The van der Waals surface area contributed by atoms with Crippen LogP contribution in [0.2, 0.25) is 0 Å². The van der Waals surface area contributed by atoms with Crippen LogP contribution >= 0.6 is 0 Å². The molecule has 3 rings (SSSR count). The summed E-state index contributed by atoms with van der Waals surface area (Å²) >= 11 is 0. The first-order valence-corrected chi connectivity index (χ1v) is 10.7. The maximum absolute atomic E-state index is 12.8. The monoisotopic (exact) mass is 436 g/mol. The largest absolute Gasteiger partial charge is 0.456 e. The first kappa shape index (κ1) is 24.0. The molecule has 0 aliphatic heterocycles. The number of allylic oxidation sites excluding steroid dienone is 1. The van der Waals surface area contributed by atoms with Crippen molar-refractivity contribution < 1.29 is 24.0 Å². The third-order valence-electron chi connectivity index (χ3n) is 5.40. The third-order valence-corrected chi connectivity index (χ3v) is 5.40. The van der Waals surface area contributed by atoms with Crippen LogP contribution in [0.5, 0.6) is 11.5 Å². The SMILES string of the molecule is CC(C)(C)OC(=O)c1ccc([B]OC(C)(C)C(C)(C)O)cc1Oc1cnc2c(c1)C=CC2. The zero-order valence-electron chi connectivity index (χ0n) is 19.9. The van der Waals surface area contributed by atoms with Crippen molar-refractivity contribution >= 4 is 25.0 Å². The molecule has 0 spiro atoms. The minimum absolute atomic E-state index is 0.301. The summed E-state index contributed by atoms with van der Waals surface area (Å²) in [6.45, 7) is 12.4. The Labute approximate surface area is 190 Å². The average Bonchev–Trinajstić information content (AvgIpc) is 3.12. The van der Waals surface area contributed by atoms with Crippen LogP contribution in [-0.2, 0) is 15.8 Å². The van der Waals surface area contributed by atoms with Crippen molar-refractivity contribution in [2.24, 2.45) is 0 Å². The van der Waals surface area contributed by atoms with Gasteiger partial charge in [-0.25, -0.2) is 4.79 Å². The number of carbonyl (C=O) groups excluding carboxylic acids is 1. The van der Waals surface area contributed by atoms with Gasteiger partial charge in [-0.3, -0.25) is 4.98 Å². The Morgan fingerprint density at radius 2 is 1.81 bits per heavy atom. The van der Waals surface area contributed by atoms with Crippen molar-refractivity contribution in [1.82, 2.24) is 4.98 Å². The second-order valence-electron chi connectivity index (χ2n) is 9.98. The molecule has 1 aliphatic rings. The molecular weight excluding hydrogens is 405 g/mol. The summed E-state index contributed by atoms with van der Waals surface area (Å²) in [5.41, 5.74) is 0.456. The average molecular weight is 436 g/mol. The second kappa shape index (κ2) is 8.72. The number of ether oxygens (including phenoxy) is 2. The summed E-state index contributed by atoms with van der Waals surface area (Å²) in [4.78, 5) is 17.3. The van der Waals surface area contributed by atoms with Gasteiger partial charge in [0.05, 0.1) is 23.1 Å². The van der Waals surface area contributed by atoms with E-state index in [1.54, 1.807) is 59.6 Å². The molecule has 7 heteroatoms. The smallest absolute Gasteiger partial charge is 0.342 e. The lowest BCUT2D eigenvalue weighted by Gasteiger charge is -2.37. The van der Waals surface area contributed by atoms with E-state index in [0.29, 0.717) is 22.5 Å². The van der Waals surface area contributed by atoms with Crippen LogP contribution in [0.4, 0.5) is 0 Å². The molecule has 1 N–H and O–H groups in total. The van der Waals surface area contributed by atoms with Crippen LogP contribution < -0.4 is 10.2 Å². The number of aromatic nitrogens is 1. The molecule has 1 radical (unpaired) electrons. The molecule has 1 heterocycles. The fraction of sp³-hybridized carbons (Fsp3) is 0.440. The summed E-state index contributed by atoms with van der Waals surface area (Å²) < 4.78 is 17.5. The van der Waals surface area contributed by atoms with E-state index in [2.05, 4.69) is 4.98 Å². The van der Waals surface area contributed by atoms with Crippen LogP contribution in [0.1, 0.15) is 70.1 Å². The summed E-state index contributed by atoms with van der Waals surface area (Å²) in [7, 11) is 1.55. The van der Waals surface area contributed by atoms with Gasteiger partial charge in [-0.2, -0.15) is 0 Å². The fourth-order valence-corrected chi connectivity index (χ4v) is 2.84. The normalized spacial score (nSPS) is 13.6. The molecule has 1 aromatic heterocycles. The van der Waals surface area contributed by atoms with E-state index in [4.69, 9.17) is 14.1 Å². The number of rotatable bonds is 7. The van der Waals surface area contributed by atoms with E-state index in [-0.39, 0.29) is 0 Å². The van der Waals surface area contributed by atoms with E-state index in [9.17, 15) is 9.90 Å². The molecule has 1 aliphatic carbocycles. The topological polar surface area (TPSA) is 77.9 Å². The van der Waals surface area contributed by atoms with Gasteiger partial charge in [-0.05, 0) is 77.7 Å². The number of hydrogen-bond acceptors (Lipinski definition) is 6. The number of nitrogens with zero attached hydrogens (tertiary/aromatic N) is 1. The molecule has 0 fully saturated rings. The molecule has 32 heavy (non-hydrogen) atoms. The Morgan fingerprint density at radius 1 is 1.09 bits per heavy atom. The van der Waals surface area contributed by atoms with E-state index < -0.39 is 22.8 Å². The molecular formula is C25H31BNO5. The highest BCUT2D eigenvalue weighted by Gasteiger charge is 2.35. The van der Waals surface area contributed by atoms with Gasteiger partial charge >= 0.3 is 13.5 Å². The molecule has 6 nitrogen and oxygen atoms in total. The first-order chi connectivity index (χ1) is 14.7. The van der Waals surface area contributed by atoms with Gasteiger partial charge in [0.1, 0.15) is 22.7 Å². The standard InChI is InChI=1S/C25H31BNO5/c1-23(2,3)31-22(28)19-12-11-17(26-32-25(6,7)24(4,5)29)14-21(19)30-18-13-16-9-8-10-20(16)27-15-18/h8-9,11-15,29H,10H2,1-7H3. The molecule has 0 bridgehead atoms. The molecule has 0 saturated heterocycles. The van der Waals surface area contributed by atoms with E-state index in [1.165, 1.54) is 0 Å². The van der Waals surface area contributed by atoms with Gasteiger partial charge in [0.25, 0.3) is 0 Å². The molecule has 1 aromatic carbocycles. The van der Waals surface area contributed by atoms with Crippen LogP contribution in [0.15, 0.2) is 36.5 Å². The van der Waals surface area contributed by atoms with Crippen molar-refractivity contribution in [3.8, 4) is 11.5 Å². The van der Waals surface area contributed by atoms with Crippen molar-refractivity contribution in [3.63, 3.8) is 0 Å². The minimum Gasteiger partial charge on any atom is -0.456 e. The first-order valence-electron chi connectivity index (χ1n) is 10.7. The lowest BCUT2D eigenvalue weighted by Crippen LogP contribution is -2.49. The number of carbonyl (C=O) groups is 1. The van der Waals surface area contributed by atoms with E-state index >= 15 is 0 Å². The Hall–Kier alpha value is -2.64. The fourth-order valence-electron chi connectivity index (χ4n) is 2.84. The number of esters is 1. The summed E-state index contributed by atoms with van der Waals surface area (Å²) in [5, 5.41) is 10.3. The summed E-state index contributed by atoms with van der Waals surface area (Å²) in [6, 6.07) is 7.00. The highest BCUT2D eigenvalue weighted by Crippen LogP contribution is 2.29. The predicted octanol–water partition coefficient (Wildman–Crippen LogP) is 4.21. The minimum atomic E-state index is -1.05. The lowest BCUT2D eigenvalue weighted by atomic mass is 9.82. The maximum atomic E-state index is 12.8. The van der Waals surface area contributed by atoms with Crippen LogP contribution in [0.3, 0.4) is 0 Å². The zero-order valence-corrected chi connectivity index (χ0v) is 19.9. The van der Waals surface area contributed by atoms with Crippen molar-refractivity contribution in [2.45, 2.75) is 71.7 Å².